The smallest absolute Gasteiger partial charge is 0.339 e. The van der Waals surface area contributed by atoms with Gasteiger partial charge in [0.1, 0.15) is 10.6 Å². The molecule has 2 amide bonds. The third-order valence-corrected chi connectivity index (χ3v) is 6.42. The quantitative estimate of drug-likeness (QED) is 0.579. The Bertz CT molecular complexity index is 1080. The Morgan fingerprint density at radius 1 is 1.19 bits per heavy atom. The van der Waals surface area contributed by atoms with Crippen molar-refractivity contribution in [1.29, 1.82) is 0 Å². The van der Waals surface area contributed by atoms with E-state index in [0.717, 1.165) is 12.8 Å². The monoisotopic (exact) mass is 480 g/mol. The number of amides is 2. The average molecular weight is 481 g/mol. The van der Waals surface area contributed by atoms with Gasteiger partial charge in [-0.3, -0.25) is 9.59 Å². The van der Waals surface area contributed by atoms with E-state index in [2.05, 4.69) is 5.32 Å². The van der Waals surface area contributed by atoms with Crippen LogP contribution in [-0.4, -0.2) is 44.4 Å². The summed E-state index contributed by atoms with van der Waals surface area (Å²) < 4.78 is 36.7. The second-order valence-corrected chi connectivity index (χ2v) is 9.51. The van der Waals surface area contributed by atoms with Crippen molar-refractivity contribution in [1.82, 2.24) is 4.90 Å². The largest absolute Gasteiger partial charge is 0.379 e. The summed E-state index contributed by atoms with van der Waals surface area (Å²) in [5, 5.41) is 2.97. The van der Waals surface area contributed by atoms with Gasteiger partial charge in [0, 0.05) is 49.8 Å². The first-order valence-electron chi connectivity index (χ1n) is 10.1. The number of carbonyl (C=O) groups excluding carboxylic acids is 2. The minimum absolute atomic E-state index is 0.0479. The number of hydrogen-bond acceptors (Lipinski definition) is 6. The molecule has 1 atom stereocenters. The van der Waals surface area contributed by atoms with Crippen LogP contribution in [0.2, 0.25) is 5.02 Å². The van der Waals surface area contributed by atoms with Crippen LogP contribution in [0.1, 0.15) is 32.3 Å². The van der Waals surface area contributed by atoms with Crippen molar-refractivity contribution in [3.63, 3.8) is 0 Å². The molecule has 2 aromatic carbocycles. The molecule has 3 rings (SSSR count). The van der Waals surface area contributed by atoms with Crippen molar-refractivity contribution in [3.05, 3.63) is 53.1 Å². The molecule has 1 N–H and O–H groups in total. The Morgan fingerprint density at radius 3 is 2.50 bits per heavy atom. The highest BCUT2D eigenvalue weighted by molar-refractivity contribution is 7.87. The van der Waals surface area contributed by atoms with Crippen molar-refractivity contribution in [2.75, 3.05) is 18.5 Å². The van der Waals surface area contributed by atoms with E-state index < -0.39 is 10.1 Å². The minimum Gasteiger partial charge on any atom is -0.379 e. The Balaban J connectivity index is 1.81. The van der Waals surface area contributed by atoms with Crippen LogP contribution < -0.4 is 9.50 Å². The molecule has 0 spiro atoms. The van der Waals surface area contributed by atoms with Gasteiger partial charge >= 0.3 is 10.1 Å². The number of halogens is 1. The molecule has 2 aromatic rings. The molecule has 1 heterocycles. The highest BCUT2D eigenvalue weighted by Gasteiger charge is 2.24. The molecule has 0 aliphatic carbocycles. The molecule has 32 heavy (non-hydrogen) atoms. The van der Waals surface area contributed by atoms with Crippen molar-refractivity contribution >= 4 is 39.2 Å². The van der Waals surface area contributed by atoms with Gasteiger partial charge in [-0.25, -0.2) is 0 Å². The number of anilines is 1. The molecular formula is C22H25ClN2O6S. The minimum atomic E-state index is -4.16. The van der Waals surface area contributed by atoms with E-state index in [1.54, 1.807) is 11.0 Å². The van der Waals surface area contributed by atoms with Crippen LogP contribution in [0.25, 0.3) is 0 Å². The van der Waals surface area contributed by atoms with Crippen molar-refractivity contribution in [2.24, 2.45) is 0 Å². The molecular weight excluding hydrogens is 456 g/mol. The van der Waals surface area contributed by atoms with Gasteiger partial charge in [-0.15, -0.1) is 0 Å². The van der Waals surface area contributed by atoms with Crippen molar-refractivity contribution in [2.45, 2.75) is 44.2 Å². The van der Waals surface area contributed by atoms with Gasteiger partial charge in [-0.05, 0) is 55.3 Å². The first-order valence-corrected chi connectivity index (χ1v) is 11.9. The first kappa shape index (κ1) is 24.0. The van der Waals surface area contributed by atoms with Gasteiger partial charge in [0.2, 0.25) is 11.8 Å². The molecule has 0 bridgehead atoms. The van der Waals surface area contributed by atoms with Crippen molar-refractivity contribution in [3.8, 4) is 5.75 Å². The zero-order valence-corrected chi connectivity index (χ0v) is 19.4. The maximum Gasteiger partial charge on any atom is 0.339 e. The van der Waals surface area contributed by atoms with Gasteiger partial charge < -0.3 is 19.1 Å². The van der Waals surface area contributed by atoms with Crippen LogP contribution in [-0.2, 0) is 31.0 Å². The lowest BCUT2D eigenvalue weighted by molar-refractivity contribution is -0.131. The summed E-state index contributed by atoms with van der Waals surface area (Å²) in [6.45, 7) is 4.01. The van der Waals surface area contributed by atoms with Gasteiger partial charge in [0.15, 0.2) is 0 Å². The second-order valence-electron chi connectivity index (χ2n) is 7.53. The van der Waals surface area contributed by atoms with E-state index in [0.29, 0.717) is 29.4 Å². The van der Waals surface area contributed by atoms with Crippen molar-refractivity contribution < 1.29 is 26.9 Å². The van der Waals surface area contributed by atoms with E-state index in [4.69, 9.17) is 20.5 Å². The fourth-order valence-corrected chi connectivity index (χ4v) is 4.53. The maximum atomic E-state index is 12.8. The number of rotatable bonds is 8. The predicted molar refractivity (Wildman–Crippen MR) is 120 cm³/mol. The highest BCUT2D eigenvalue weighted by atomic mass is 35.5. The maximum absolute atomic E-state index is 12.8. The van der Waals surface area contributed by atoms with E-state index in [9.17, 15) is 18.0 Å². The molecule has 172 valence electrons. The Hall–Kier alpha value is -2.62. The molecule has 0 unspecified atom stereocenters. The first-order chi connectivity index (χ1) is 15.1. The molecule has 1 aliphatic rings. The number of nitrogens with one attached hydrogen (secondary N) is 1. The Labute approximate surface area is 192 Å². The van der Waals surface area contributed by atoms with Gasteiger partial charge in [-0.2, -0.15) is 8.42 Å². The van der Waals surface area contributed by atoms with Crippen LogP contribution in [0, 0.1) is 0 Å². The van der Waals surface area contributed by atoms with E-state index in [1.165, 1.54) is 50.2 Å². The van der Waals surface area contributed by atoms with E-state index >= 15 is 0 Å². The molecule has 1 aliphatic heterocycles. The molecule has 0 saturated carbocycles. The van der Waals surface area contributed by atoms with Crippen LogP contribution in [0.3, 0.4) is 0 Å². The zero-order chi connectivity index (χ0) is 23.3. The number of nitrogens with zero attached hydrogens (tertiary/aromatic N) is 1. The summed E-state index contributed by atoms with van der Waals surface area (Å²) >= 11 is 6.13. The normalized spacial score (nSPS) is 15.9. The summed E-state index contributed by atoms with van der Waals surface area (Å²) in [5.41, 5.74) is 0.930. The van der Waals surface area contributed by atoms with Gasteiger partial charge in [0.05, 0.1) is 6.10 Å². The lowest BCUT2D eigenvalue weighted by Crippen LogP contribution is -2.35. The summed E-state index contributed by atoms with van der Waals surface area (Å²) in [4.78, 5) is 24.9. The lowest BCUT2D eigenvalue weighted by atomic mass is 10.1. The average Bonchev–Trinajstić information content (AvgIpc) is 3.22. The second kappa shape index (κ2) is 10.3. The molecule has 1 saturated heterocycles. The molecule has 1 fully saturated rings. The number of hydrogen-bond donors (Lipinski definition) is 1. The number of carbonyl (C=O) groups is 2. The third kappa shape index (κ3) is 6.44. The van der Waals surface area contributed by atoms with Gasteiger partial charge in [-0.1, -0.05) is 11.6 Å². The van der Waals surface area contributed by atoms with E-state index in [1.807, 2.05) is 0 Å². The third-order valence-electron chi connectivity index (χ3n) is 4.94. The van der Waals surface area contributed by atoms with Gasteiger partial charge in [0.25, 0.3) is 0 Å². The lowest BCUT2D eigenvalue weighted by Gasteiger charge is -2.25. The topological polar surface area (TPSA) is 102 Å². The summed E-state index contributed by atoms with van der Waals surface area (Å²) in [7, 11) is -4.16. The van der Waals surface area contributed by atoms with Crippen LogP contribution in [0.15, 0.2) is 47.4 Å². The van der Waals surface area contributed by atoms with Crippen LogP contribution >= 0.6 is 11.6 Å². The molecule has 0 radical (unpaired) electrons. The predicted octanol–water partition coefficient (Wildman–Crippen LogP) is 3.59. The summed E-state index contributed by atoms with van der Waals surface area (Å²) in [5.74, 6) is -0.345. The number of benzene rings is 2. The fraction of sp³-hybridized carbons (Fsp3) is 0.364. The summed E-state index contributed by atoms with van der Waals surface area (Å²) in [6.07, 6.45) is 1.76. The van der Waals surface area contributed by atoms with Crippen LogP contribution in [0.5, 0.6) is 5.75 Å². The number of ether oxygens (including phenoxy) is 1. The van der Waals surface area contributed by atoms with Crippen LogP contribution in [0.4, 0.5) is 5.69 Å². The molecule has 0 aromatic heterocycles. The Morgan fingerprint density at radius 2 is 1.91 bits per heavy atom. The Kier molecular flexibility index (Phi) is 7.76. The molecule has 8 nitrogen and oxygen atoms in total. The zero-order valence-electron chi connectivity index (χ0n) is 17.8. The fourth-order valence-electron chi connectivity index (χ4n) is 3.37. The summed E-state index contributed by atoms with van der Waals surface area (Å²) in [6, 6.07) is 10.2. The van der Waals surface area contributed by atoms with E-state index in [-0.39, 0.29) is 35.1 Å². The molecule has 10 heteroatoms. The SMILES string of the molecule is CC(=O)Nc1ccc(S(=O)(=O)Oc2ccc(Cl)cc2CN(C[C@H]2CCCO2)C(C)=O)cc1. The standard InChI is InChI=1S/C22H25ClN2O6S/c1-15(26)24-19-6-8-21(9-7-19)32(28,29)31-22-10-5-18(23)12-17(22)13-25(16(2)27)14-20-4-3-11-30-20/h5-10,12,20H,3-4,11,13-14H2,1-2H3,(H,24,26)/t20-/m1/s1. The highest BCUT2D eigenvalue weighted by Crippen LogP contribution is 2.28.